The van der Waals surface area contributed by atoms with Gasteiger partial charge in [0.25, 0.3) is 5.91 Å². The summed E-state index contributed by atoms with van der Waals surface area (Å²) < 4.78 is 4.86. The molecule has 0 fully saturated rings. The lowest BCUT2D eigenvalue weighted by atomic mass is 10.1. The minimum absolute atomic E-state index is 0.0253. The van der Waals surface area contributed by atoms with Gasteiger partial charge in [-0.2, -0.15) is 0 Å². The maximum absolute atomic E-state index is 11.8. The number of carbonyl (C=O) groups is 2. The van der Waals surface area contributed by atoms with Crippen molar-refractivity contribution in [2.45, 2.75) is 27.3 Å². The Morgan fingerprint density at radius 2 is 2.05 bits per heavy atom. The van der Waals surface area contributed by atoms with Crippen LogP contribution in [0, 0.1) is 13.8 Å². The zero-order valence-corrected chi connectivity index (χ0v) is 11.6. The number of pyridine rings is 1. The number of nitrogens with zero attached hydrogens (tertiary/aromatic N) is 2. The molecule has 1 N–H and O–H groups in total. The quantitative estimate of drug-likeness (QED) is 0.859. The van der Waals surface area contributed by atoms with E-state index in [0.29, 0.717) is 22.6 Å². The first-order chi connectivity index (χ1) is 9.47. The Bertz CT molecular complexity index is 661. The molecule has 0 unspecified atom stereocenters. The van der Waals surface area contributed by atoms with Crippen molar-refractivity contribution in [2.24, 2.45) is 0 Å². The largest absolute Gasteiger partial charge is 0.351 e. The van der Waals surface area contributed by atoms with Gasteiger partial charge in [0.15, 0.2) is 5.78 Å². The first-order valence-electron chi connectivity index (χ1n) is 6.16. The van der Waals surface area contributed by atoms with Crippen LogP contribution >= 0.6 is 0 Å². The van der Waals surface area contributed by atoms with E-state index in [-0.39, 0.29) is 24.0 Å². The molecule has 104 valence electrons. The summed E-state index contributed by atoms with van der Waals surface area (Å²) in [6.07, 6.45) is 0. The van der Waals surface area contributed by atoms with Gasteiger partial charge in [-0.15, -0.1) is 0 Å². The van der Waals surface area contributed by atoms with E-state index in [2.05, 4.69) is 15.5 Å². The highest BCUT2D eigenvalue weighted by Gasteiger charge is 2.12. The van der Waals surface area contributed by atoms with Crippen molar-refractivity contribution < 1.29 is 14.1 Å². The van der Waals surface area contributed by atoms with Crippen LogP contribution in [0.2, 0.25) is 0 Å². The van der Waals surface area contributed by atoms with E-state index in [4.69, 9.17) is 4.52 Å². The lowest BCUT2D eigenvalue weighted by Crippen LogP contribution is -2.23. The first kappa shape index (κ1) is 13.9. The number of hydrogen-bond acceptors (Lipinski definition) is 5. The van der Waals surface area contributed by atoms with E-state index in [1.54, 1.807) is 32.0 Å². The number of hydrogen-bond donors (Lipinski definition) is 1. The molecule has 0 atom stereocenters. The van der Waals surface area contributed by atoms with Crippen molar-refractivity contribution in [1.29, 1.82) is 0 Å². The molecule has 6 heteroatoms. The highest BCUT2D eigenvalue weighted by atomic mass is 16.5. The molecule has 0 bridgehead atoms. The van der Waals surface area contributed by atoms with E-state index < -0.39 is 0 Å². The summed E-state index contributed by atoms with van der Waals surface area (Å²) in [5.41, 5.74) is 2.57. The molecule has 20 heavy (non-hydrogen) atoms. The highest BCUT2D eigenvalue weighted by molar-refractivity contribution is 5.95. The molecule has 6 nitrogen and oxygen atoms in total. The molecule has 2 rings (SSSR count). The second-order valence-corrected chi connectivity index (χ2v) is 4.51. The molecule has 0 aliphatic rings. The van der Waals surface area contributed by atoms with Crippen LogP contribution in [0.25, 0.3) is 0 Å². The summed E-state index contributed by atoms with van der Waals surface area (Å²) in [5.74, 6) is -0.206. The number of amides is 1. The van der Waals surface area contributed by atoms with Gasteiger partial charge >= 0.3 is 0 Å². The lowest BCUT2D eigenvalue weighted by Gasteiger charge is -2.06. The summed E-state index contributed by atoms with van der Waals surface area (Å²) >= 11 is 0. The van der Waals surface area contributed by atoms with E-state index in [1.165, 1.54) is 6.92 Å². The number of Topliss-reactive ketones (excluding diaryl/α,β-unsaturated/α-hetero) is 1. The zero-order chi connectivity index (χ0) is 14.7. The zero-order valence-electron chi connectivity index (χ0n) is 11.6. The second kappa shape index (κ2) is 5.64. The van der Waals surface area contributed by atoms with Crippen LogP contribution in [0.5, 0.6) is 0 Å². The molecule has 1 amide bonds. The van der Waals surface area contributed by atoms with Gasteiger partial charge in [0.05, 0.1) is 17.9 Å². The molecule has 0 radical (unpaired) electrons. The monoisotopic (exact) mass is 273 g/mol. The fraction of sp³-hybridized carbons (Fsp3) is 0.286. The Kier molecular flexibility index (Phi) is 3.93. The molecule has 0 aliphatic carbocycles. The average Bonchev–Trinajstić information content (AvgIpc) is 2.82. The topological polar surface area (TPSA) is 85.1 Å². The highest BCUT2D eigenvalue weighted by Crippen LogP contribution is 2.08. The Morgan fingerprint density at radius 3 is 2.60 bits per heavy atom. The molecule has 0 spiro atoms. The normalized spacial score (nSPS) is 10.3. The third kappa shape index (κ3) is 3.09. The van der Waals surface area contributed by atoms with Crippen molar-refractivity contribution in [2.75, 3.05) is 0 Å². The lowest BCUT2D eigenvalue weighted by molar-refractivity contribution is 0.0912. The summed E-state index contributed by atoms with van der Waals surface area (Å²) in [5, 5.41) is 6.33. The Labute approximate surface area is 116 Å². The molecule has 0 aromatic carbocycles. The van der Waals surface area contributed by atoms with Crippen LogP contribution in [0.1, 0.15) is 44.9 Å². The van der Waals surface area contributed by atoms with Gasteiger partial charge in [-0.05, 0) is 32.9 Å². The second-order valence-electron chi connectivity index (χ2n) is 4.51. The molecule has 2 aromatic heterocycles. The first-order valence-corrected chi connectivity index (χ1v) is 6.16. The van der Waals surface area contributed by atoms with Gasteiger partial charge in [-0.3, -0.25) is 14.6 Å². The van der Waals surface area contributed by atoms with Crippen LogP contribution in [-0.2, 0) is 6.54 Å². The van der Waals surface area contributed by atoms with E-state index in [1.807, 2.05) is 0 Å². The van der Waals surface area contributed by atoms with Gasteiger partial charge in [0, 0.05) is 17.3 Å². The average molecular weight is 273 g/mol. The van der Waals surface area contributed by atoms with Crippen LogP contribution in [0.15, 0.2) is 22.7 Å². The summed E-state index contributed by atoms with van der Waals surface area (Å²) in [6.45, 7) is 5.27. The maximum Gasteiger partial charge on any atom is 0.290 e. The third-order valence-electron chi connectivity index (χ3n) is 2.80. The molecule has 0 saturated heterocycles. The molecular weight excluding hydrogens is 258 g/mol. The van der Waals surface area contributed by atoms with E-state index in [9.17, 15) is 9.59 Å². The predicted octanol–water partition coefficient (Wildman–Crippen LogP) is 1.82. The van der Waals surface area contributed by atoms with Crippen LogP contribution in [-0.4, -0.2) is 21.8 Å². The minimum Gasteiger partial charge on any atom is -0.351 e. The Hall–Kier alpha value is -2.50. The predicted molar refractivity (Wildman–Crippen MR) is 71.4 cm³/mol. The summed E-state index contributed by atoms with van der Waals surface area (Å²) in [7, 11) is 0. The van der Waals surface area contributed by atoms with Gasteiger partial charge in [0.1, 0.15) is 0 Å². The number of ketones is 1. The standard InChI is InChI=1S/C14H15N3O3/c1-8-6-13(20-17-8)14(19)15-7-11-4-5-12(10(3)18)9(2)16-11/h4-6H,7H2,1-3H3,(H,15,19). The van der Waals surface area contributed by atoms with Gasteiger partial charge in [-0.1, -0.05) is 5.16 Å². The van der Waals surface area contributed by atoms with E-state index >= 15 is 0 Å². The smallest absolute Gasteiger partial charge is 0.290 e. The number of aryl methyl sites for hydroxylation is 2. The summed E-state index contributed by atoms with van der Waals surface area (Å²) in [6, 6.07) is 4.99. The SMILES string of the molecule is CC(=O)c1ccc(CNC(=O)c2cc(C)no2)nc1C. The minimum atomic E-state index is -0.347. The molecule has 0 saturated carbocycles. The fourth-order valence-electron chi connectivity index (χ4n) is 1.81. The number of aromatic nitrogens is 2. The van der Waals surface area contributed by atoms with Crippen LogP contribution < -0.4 is 5.32 Å². The van der Waals surface area contributed by atoms with Crippen molar-refractivity contribution in [3.63, 3.8) is 0 Å². The van der Waals surface area contributed by atoms with Gasteiger partial charge in [0.2, 0.25) is 5.76 Å². The van der Waals surface area contributed by atoms with Crippen molar-refractivity contribution in [3.05, 3.63) is 46.6 Å². The van der Waals surface area contributed by atoms with Crippen LogP contribution in [0.4, 0.5) is 0 Å². The number of nitrogens with one attached hydrogen (secondary N) is 1. The Morgan fingerprint density at radius 1 is 1.30 bits per heavy atom. The van der Waals surface area contributed by atoms with Crippen molar-refractivity contribution in [3.8, 4) is 0 Å². The molecule has 2 aromatic rings. The van der Waals surface area contributed by atoms with Crippen LogP contribution in [0.3, 0.4) is 0 Å². The number of carbonyl (C=O) groups excluding carboxylic acids is 2. The summed E-state index contributed by atoms with van der Waals surface area (Å²) in [4.78, 5) is 27.3. The van der Waals surface area contributed by atoms with Crippen molar-refractivity contribution >= 4 is 11.7 Å². The van der Waals surface area contributed by atoms with Crippen molar-refractivity contribution in [1.82, 2.24) is 15.5 Å². The third-order valence-corrected chi connectivity index (χ3v) is 2.80. The maximum atomic E-state index is 11.8. The number of rotatable bonds is 4. The fourth-order valence-corrected chi connectivity index (χ4v) is 1.81. The Balaban J connectivity index is 2.02. The van der Waals surface area contributed by atoms with Gasteiger partial charge < -0.3 is 9.84 Å². The molecule has 2 heterocycles. The van der Waals surface area contributed by atoms with E-state index in [0.717, 1.165) is 0 Å². The molecular formula is C14H15N3O3. The van der Waals surface area contributed by atoms with Gasteiger partial charge in [-0.25, -0.2) is 0 Å². The molecule has 0 aliphatic heterocycles.